The Kier molecular flexibility index (Phi) is 6.83. The molecule has 0 radical (unpaired) electrons. The monoisotopic (exact) mass is 434 g/mol. The minimum Gasteiger partial charge on any atom is -0.334 e. The molecule has 1 heterocycles. The van der Waals surface area contributed by atoms with Crippen molar-refractivity contribution >= 4 is 17.5 Å². The molecule has 4 heteroatoms. The van der Waals surface area contributed by atoms with E-state index in [4.69, 9.17) is 0 Å². The number of nitrogens with one attached hydrogen (secondary N) is 1. The number of nitrogens with zero attached hydrogens (tertiary/aromatic N) is 1. The van der Waals surface area contributed by atoms with Crippen LogP contribution in [0.1, 0.15) is 75.9 Å². The van der Waals surface area contributed by atoms with Gasteiger partial charge in [0.15, 0.2) is 0 Å². The van der Waals surface area contributed by atoms with E-state index in [0.717, 1.165) is 29.7 Å². The summed E-state index contributed by atoms with van der Waals surface area (Å²) in [6.07, 6.45) is 1.61. The molecule has 1 saturated heterocycles. The van der Waals surface area contributed by atoms with E-state index in [1.165, 1.54) is 5.56 Å². The number of carbonyl (C=O) groups excluding carboxylic acids is 2. The normalized spacial score (nSPS) is 19.5. The van der Waals surface area contributed by atoms with Gasteiger partial charge in [0.25, 0.3) is 5.91 Å². The number of aryl methyl sites for hydroxylation is 1. The summed E-state index contributed by atoms with van der Waals surface area (Å²) < 4.78 is 0. The number of likely N-dealkylation sites (tertiary alicyclic amines) is 1. The molecular formula is C28H38N2O2. The van der Waals surface area contributed by atoms with E-state index in [2.05, 4.69) is 59.0 Å². The number of hydrogen-bond acceptors (Lipinski definition) is 2. The lowest BCUT2D eigenvalue weighted by Gasteiger charge is -2.47. The molecule has 1 aliphatic rings. The van der Waals surface area contributed by atoms with E-state index < -0.39 is 0 Å². The van der Waals surface area contributed by atoms with Gasteiger partial charge >= 0.3 is 0 Å². The van der Waals surface area contributed by atoms with Gasteiger partial charge in [-0.2, -0.15) is 0 Å². The van der Waals surface area contributed by atoms with Crippen molar-refractivity contribution in [2.75, 3.05) is 11.9 Å². The zero-order chi connectivity index (χ0) is 23.7. The van der Waals surface area contributed by atoms with Gasteiger partial charge in [0.05, 0.1) is 5.92 Å². The summed E-state index contributed by atoms with van der Waals surface area (Å²) in [6.45, 7) is 15.5. The molecule has 0 saturated carbocycles. The van der Waals surface area contributed by atoms with Crippen LogP contribution in [0.15, 0.2) is 48.5 Å². The Hall–Kier alpha value is -2.62. The number of anilines is 1. The van der Waals surface area contributed by atoms with Crippen molar-refractivity contribution in [3.63, 3.8) is 0 Å². The molecule has 4 nitrogen and oxygen atoms in total. The van der Waals surface area contributed by atoms with E-state index in [1.807, 2.05) is 48.2 Å². The molecule has 0 bridgehead atoms. The average Bonchev–Trinajstić information content (AvgIpc) is 2.72. The van der Waals surface area contributed by atoms with Gasteiger partial charge < -0.3 is 10.2 Å². The first-order valence-corrected chi connectivity index (χ1v) is 11.7. The van der Waals surface area contributed by atoms with E-state index in [0.29, 0.717) is 6.54 Å². The summed E-state index contributed by atoms with van der Waals surface area (Å²) in [5.74, 6) is -0.233. The summed E-state index contributed by atoms with van der Waals surface area (Å²) >= 11 is 0. The second-order valence-electron chi connectivity index (χ2n) is 11.2. The van der Waals surface area contributed by atoms with Gasteiger partial charge in [-0.05, 0) is 59.9 Å². The first-order chi connectivity index (χ1) is 14.9. The molecule has 1 fully saturated rings. The third-order valence-electron chi connectivity index (χ3n) is 6.49. The second-order valence-corrected chi connectivity index (χ2v) is 11.2. The van der Waals surface area contributed by atoms with Crippen LogP contribution >= 0.6 is 0 Å². The van der Waals surface area contributed by atoms with Crippen molar-refractivity contribution in [1.29, 1.82) is 0 Å². The first-order valence-electron chi connectivity index (χ1n) is 11.7. The molecule has 0 unspecified atom stereocenters. The molecule has 172 valence electrons. The van der Waals surface area contributed by atoms with E-state index >= 15 is 0 Å². The minimum atomic E-state index is -0.255. The molecule has 2 aromatic carbocycles. The fourth-order valence-corrected chi connectivity index (χ4v) is 4.84. The quantitative estimate of drug-likeness (QED) is 0.625. The molecular weight excluding hydrogens is 396 g/mol. The van der Waals surface area contributed by atoms with Crippen LogP contribution in [0.25, 0.3) is 0 Å². The number of piperidine rings is 1. The van der Waals surface area contributed by atoms with Crippen molar-refractivity contribution in [3.8, 4) is 0 Å². The molecule has 0 aliphatic carbocycles. The SMILES string of the molecule is Cc1ccccc1C(=O)N1CCC[C@H](C(=O)Nc2cccc(C(C)(C)C)c2)[C@@H]1C(C)(C)C. The highest BCUT2D eigenvalue weighted by Gasteiger charge is 2.45. The van der Waals surface area contributed by atoms with Crippen LogP contribution < -0.4 is 5.32 Å². The van der Waals surface area contributed by atoms with Gasteiger partial charge in [-0.1, -0.05) is 71.9 Å². The Morgan fingerprint density at radius 2 is 1.66 bits per heavy atom. The van der Waals surface area contributed by atoms with Crippen LogP contribution in [0.3, 0.4) is 0 Å². The highest BCUT2D eigenvalue weighted by atomic mass is 16.2. The Labute approximate surface area is 193 Å². The molecule has 32 heavy (non-hydrogen) atoms. The summed E-state index contributed by atoms with van der Waals surface area (Å²) in [5, 5.41) is 3.16. The molecule has 1 aliphatic heterocycles. The maximum absolute atomic E-state index is 13.6. The van der Waals surface area contributed by atoms with Gasteiger partial charge in [0.1, 0.15) is 0 Å². The molecule has 3 rings (SSSR count). The Bertz CT molecular complexity index is 981. The zero-order valence-electron chi connectivity index (χ0n) is 20.7. The fraction of sp³-hybridized carbons (Fsp3) is 0.500. The largest absolute Gasteiger partial charge is 0.334 e. The zero-order valence-corrected chi connectivity index (χ0v) is 20.7. The smallest absolute Gasteiger partial charge is 0.254 e. The maximum Gasteiger partial charge on any atom is 0.254 e. The minimum absolute atomic E-state index is 0.00160. The summed E-state index contributed by atoms with van der Waals surface area (Å²) in [7, 11) is 0. The van der Waals surface area contributed by atoms with Gasteiger partial charge in [0, 0.05) is 23.8 Å². The predicted octanol–water partition coefficient (Wildman–Crippen LogP) is 6.20. The van der Waals surface area contributed by atoms with E-state index in [1.54, 1.807) is 0 Å². The lowest BCUT2D eigenvalue weighted by atomic mass is 9.73. The summed E-state index contributed by atoms with van der Waals surface area (Å²) in [5.41, 5.74) is 3.47. The number of carbonyl (C=O) groups is 2. The van der Waals surface area contributed by atoms with E-state index in [-0.39, 0.29) is 34.6 Å². The van der Waals surface area contributed by atoms with E-state index in [9.17, 15) is 9.59 Å². The topological polar surface area (TPSA) is 49.4 Å². The highest BCUT2D eigenvalue weighted by Crippen LogP contribution is 2.38. The van der Waals surface area contributed by atoms with Gasteiger partial charge in [-0.15, -0.1) is 0 Å². The third kappa shape index (κ3) is 5.23. The van der Waals surface area contributed by atoms with Crippen molar-refractivity contribution < 1.29 is 9.59 Å². The number of hydrogen-bond donors (Lipinski definition) is 1. The van der Waals surface area contributed by atoms with Crippen molar-refractivity contribution in [1.82, 2.24) is 4.90 Å². The first kappa shape index (κ1) is 24.0. The fourth-order valence-electron chi connectivity index (χ4n) is 4.84. The Morgan fingerprint density at radius 3 is 2.28 bits per heavy atom. The van der Waals surface area contributed by atoms with Crippen LogP contribution in [-0.4, -0.2) is 29.3 Å². The van der Waals surface area contributed by atoms with Gasteiger partial charge in [-0.3, -0.25) is 9.59 Å². The Balaban J connectivity index is 1.89. The molecule has 1 N–H and O–H groups in total. The lowest BCUT2D eigenvalue weighted by molar-refractivity contribution is -0.125. The van der Waals surface area contributed by atoms with Crippen LogP contribution in [0.4, 0.5) is 5.69 Å². The van der Waals surface area contributed by atoms with Crippen LogP contribution in [0, 0.1) is 18.3 Å². The highest BCUT2D eigenvalue weighted by molar-refractivity contribution is 5.98. The average molecular weight is 435 g/mol. The lowest BCUT2D eigenvalue weighted by Crippen LogP contribution is -2.57. The van der Waals surface area contributed by atoms with Gasteiger partial charge in [-0.25, -0.2) is 0 Å². The number of rotatable bonds is 3. The molecule has 0 spiro atoms. The van der Waals surface area contributed by atoms with Crippen molar-refractivity contribution in [2.24, 2.45) is 11.3 Å². The number of amides is 2. The van der Waals surface area contributed by atoms with Crippen molar-refractivity contribution in [2.45, 2.75) is 72.8 Å². The number of benzene rings is 2. The molecule has 2 atom stereocenters. The standard InChI is InChI=1S/C28H38N2O2/c1-19-12-8-9-15-22(19)26(32)30-17-11-16-23(24(30)28(5,6)7)25(31)29-21-14-10-13-20(18-21)27(2,3)4/h8-10,12-15,18,23-24H,11,16-17H2,1-7H3,(H,29,31)/t23-,24+/m0/s1. The van der Waals surface area contributed by atoms with Crippen LogP contribution in [0.2, 0.25) is 0 Å². The molecule has 2 aromatic rings. The summed E-state index contributed by atoms with van der Waals surface area (Å²) in [6, 6.07) is 15.6. The molecule has 2 amide bonds. The summed E-state index contributed by atoms with van der Waals surface area (Å²) in [4.78, 5) is 29.0. The van der Waals surface area contributed by atoms with Gasteiger partial charge in [0.2, 0.25) is 5.91 Å². The maximum atomic E-state index is 13.6. The van der Waals surface area contributed by atoms with Crippen LogP contribution in [0.5, 0.6) is 0 Å². The molecule has 0 aromatic heterocycles. The van der Waals surface area contributed by atoms with Crippen molar-refractivity contribution in [3.05, 3.63) is 65.2 Å². The predicted molar refractivity (Wildman–Crippen MR) is 132 cm³/mol. The second kappa shape index (κ2) is 9.09. The Morgan fingerprint density at radius 1 is 0.969 bits per heavy atom. The van der Waals surface area contributed by atoms with Crippen LogP contribution in [-0.2, 0) is 10.2 Å². The third-order valence-corrected chi connectivity index (χ3v) is 6.49.